The summed E-state index contributed by atoms with van der Waals surface area (Å²) in [5.74, 6) is -0.340. The quantitative estimate of drug-likeness (QED) is 0.444. The Bertz CT molecular complexity index is 1470. The van der Waals surface area contributed by atoms with Gasteiger partial charge in [0.2, 0.25) is 0 Å². The van der Waals surface area contributed by atoms with Crippen LogP contribution in [0.2, 0.25) is 0 Å². The molecule has 33 heavy (non-hydrogen) atoms. The first kappa shape index (κ1) is 20.7. The van der Waals surface area contributed by atoms with Crippen LogP contribution in [-0.2, 0) is 19.8 Å². The van der Waals surface area contributed by atoms with Crippen molar-refractivity contribution in [1.29, 1.82) is 0 Å². The summed E-state index contributed by atoms with van der Waals surface area (Å²) >= 11 is 0. The lowest BCUT2D eigenvalue weighted by atomic mass is 10.2. The van der Waals surface area contributed by atoms with E-state index in [2.05, 4.69) is 20.4 Å². The van der Waals surface area contributed by atoms with Crippen LogP contribution < -0.4 is 5.32 Å². The molecule has 0 spiro atoms. The maximum atomic E-state index is 13.0. The summed E-state index contributed by atoms with van der Waals surface area (Å²) in [6.45, 7) is 0.329. The van der Waals surface area contributed by atoms with E-state index in [1.165, 1.54) is 12.1 Å². The summed E-state index contributed by atoms with van der Waals surface area (Å²) in [6.07, 6.45) is 0.644. The highest BCUT2D eigenvalue weighted by Gasteiger charge is 2.30. The highest BCUT2D eigenvalue weighted by Crippen LogP contribution is 2.33. The fourth-order valence-corrected chi connectivity index (χ4v) is 3.71. The lowest BCUT2D eigenvalue weighted by molar-refractivity contribution is -0.137. The van der Waals surface area contributed by atoms with Gasteiger partial charge in [0.25, 0.3) is 5.91 Å². The molecular formula is C23H17F3N6O. The standard InChI is InChI=1S/C23H17F3N6O/c1-31-13-17-20-19(7-6-18(29-20)22(33)28-12-14-8-10-27-11-9-14)32(21(17)30-31)16-4-2-15(3-5-16)23(24,25)26/h2-11,13H,12H2,1H3,(H,28,33). The van der Waals surface area contributed by atoms with Crippen molar-refractivity contribution in [2.45, 2.75) is 12.7 Å². The van der Waals surface area contributed by atoms with Crippen LogP contribution in [-0.4, -0.2) is 30.2 Å². The second kappa shape index (κ2) is 7.73. The molecule has 10 heteroatoms. The fourth-order valence-electron chi connectivity index (χ4n) is 3.71. The molecule has 0 fully saturated rings. The number of alkyl halides is 3. The van der Waals surface area contributed by atoms with Crippen molar-refractivity contribution in [3.63, 3.8) is 0 Å². The number of aryl methyl sites for hydroxylation is 1. The largest absolute Gasteiger partial charge is 0.416 e. The molecule has 7 nitrogen and oxygen atoms in total. The molecule has 0 aliphatic carbocycles. The first-order valence-corrected chi connectivity index (χ1v) is 10.0. The van der Waals surface area contributed by atoms with Crippen molar-refractivity contribution in [3.8, 4) is 5.69 Å². The van der Waals surface area contributed by atoms with Crippen LogP contribution in [0.5, 0.6) is 0 Å². The van der Waals surface area contributed by atoms with Crippen LogP contribution in [0, 0.1) is 0 Å². The lowest BCUT2D eigenvalue weighted by Crippen LogP contribution is -2.23. The Morgan fingerprint density at radius 3 is 2.45 bits per heavy atom. The van der Waals surface area contributed by atoms with Gasteiger partial charge in [0.05, 0.1) is 16.5 Å². The Morgan fingerprint density at radius 1 is 1.03 bits per heavy atom. The van der Waals surface area contributed by atoms with E-state index in [1.54, 1.807) is 59.2 Å². The van der Waals surface area contributed by atoms with Crippen LogP contribution in [0.3, 0.4) is 0 Å². The minimum atomic E-state index is -4.42. The third kappa shape index (κ3) is 3.79. The van der Waals surface area contributed by atoms with Gasteiger partial charge in [0.1, 0.15) is 11.2 Å². The summed E-state index contributed by atoms with van der Waals surface area (Å²) in [5, 5.41) is 7.98. The molecule has 4 aromatic heterocycles. The van der Waals surface area contributed by atoms with Crippen molar-refractivity contribution in [2.75, 3.05) is 0 Å². The summed E-state index contributed by atoms with van der Waals surface area (Å²) < 4.78 is 42.3. The molecule has 1 aromatic carbocycles. The second-order valence-electron chi connectivity index (χ2n) is 7.52. The van der Waals surface area contributed by atoms with E-state index in [0.717, 1.165) is 17.7 Å². The highest BCUT2D eigenvalue weighted by molar-refractivity contribution is 6.07. The van der Waals surface area contributed by atoms with Gasteiger partial charge in [-0.05, 0) is 54.1 Å². The van der Waals surface area contributed by atoms with Crippen molar-refractivity contribution in [2.24, 2.45) is 7.05 Å². The van der Waals surface area contributed by atoms with Gasteiger partial charge in [-0.1, -0.05) is 0 Å². The molecule has 0 aliphatic rings. The normalized spacial score (nSPS) is 11.9. The highest BCUT2D eigenvalue weighted by atomic mass is 19.4. The van der Waals surface area contributed by atoms with Gasteiger partial charge in [0, 0.05) is 37.9 Å². The number of fused-ring (bicyclic) bond motifs is 3. The number of benzene rings is 1. The third-order valence-electron chi connectivity index (χ3n) is 5.28. The SMILES string of the molecule is Cn1cc2c3nc(C(=O)NCc4ccncc4)ccc3n(-c3ccc(C(F)(F)F)cc3)c2n1. The van der Waals surface area contributed by atoms with Crippen molar-refractivity contribution < 1.29 is 18.0 Å². The Hall–Kier alpha value is -4.21. The van der Waals surface area contributed by atoms with Gasteiger partial charge >= 0.3 is 6.18 Å². The number of nitrogens with one attached hydrogen (secondary N) is 1. The number of carbonyl (C=O) groups is 1. The van der Waals surface area contributed by atoms with Crippen molar-refractivity contribution in [1.82, 2.24) is 29.6 Å². The average molecular weight is 450 g/mol. The van der Waals surface area contributed by atoms with E-state index in [4.69, 9.17) is 0 Å². The van der Waals surface area contributed by atoms with Gasteiger partial charge in [-0.15, -0.1) is 0 Å². The molecule has 0 aliphatic heterocycles. The van der Waals surface area contributed by atoms with Gasteiger partial charge in [0.15, 0.2) is 5.65 Å². The van der Waals surface area contributed by atoms with Crippen LogP contribution in [0.4, 0.5) is 13.2 Å². The fraction of sp³-hybridized carbons (Fsp3) is 0.130. The zero-order valence-electron chi connectivity index (χ0n) is 17.3. The third-order valence-corrected chi connectivity index (χ3v) is 5.28. The number of aromatic nitrogens is 5. The number of nitrogens with zero attached hydrogens (tertiary/aromatic N) is 5. The number of rotatable bonds is 4. The topological polar surface area (TPSA) is 77.6 Å². The molecular weight excluding hydrogens is 433 g/mol. The lowest BCUT2D eigenvalue weighted by Gasteiger charge is -2.10. The molecule has 1 N–H and O–H groups in total. The number of amides is 1. The molecule has 0 bridgehead atoms. The predicted molar refractivity (Wildman–Crippen MR) is 116 cm³/mol. The summed E-state index contributed by atoms with van der Waals surface area (Å²) in [7, 11) is 1.74. The Morgan fingerprint density at radius 2 is 1.76 bits per heavy atom. The smallest absolute Gasteiger partial charge is 0.347 e. The van der Waals surface area contributed by atoms with E-state index >= 15 is 0 Å². The molecule has 5 rings (SSSR count). The van der Waals surface area contributed by atoms with E-state index in [9.17, 15) is 18.0 Å². The average Bonchev–Trinajstić information content (AvgIpc) is 3.32. The van der Waals surface area contributed by atoms with Crippen LogP contribution >= 0.6 is 0 Å². The summed E-state index contributed by atoms with van der Waals surface area (Å²) in [5.41, 5.74) is 2.63. The number of halogens is 3. The van der Waals surface area contributed by atoms with E-state index in [1.807, 2.05) is 0 Å². The predicted octanol–water partition coefficient (Wildman–Crippen LogP) is 4.26. The molecule has 5 aromatic rings. The molecule has 0 atom stereocenters. The van der Waals surface area contributed by atoms with Crippen molar-refractivity contribution in [3.05, 3.63) is 83.9 Å². The molecule has 0 saturated carbocycles. The Labute approximate surface area is 185 Å². The molecule has 0 unspecified atom stereocenters. The molecule has 166 valence electrons. The van der Waals surface area contributed by atoms with Crippen LogP contribution in [0.15, 0.2) is 67.1 Å². The van der Waals surface area contributed by atoms with Crippen LogP contribution in [0.1, 0.15) is 21.6 Å². The maximum absolute atomic E-state index is 13.0. The van der Waals surface area contributed by atoms with Gasteiger partial charge in [-0.3, -0.25) is 19.0 Å². The van der Waals surface area contributed by atoms with Gasteiger partial charge in [-0.25, -0.2) is 4.98 Å². The zero-order chi connectivity index (χ0) is 23.2. The van der Waals surface area contributed by atoms with E-state index in [0.29, 0.717) is 34.3 Å². The number of hydrogen-bond acceptors (Lipinski definition) is 4. The van der Waals surface area contributed by atoms with Gasteiger partial charge in [-0.2, -0.15) is 18.3 Å². The summed E-state index contributed by atoms with van der Waals surface area (Å²) in [4.78, 5) is 21.2. The molecule has 0 saturated heterocycles. The number of hydrogen-bond donors (Lipinski definition) is 1. The number of pyridine rings is 2. The first-order valence-electron chi connectivity index (χ1n) is 10.0. The Balaban J connectivity index is 1.55. The molecule has 4 heterocycles. The number of carbonyl (C=O) groups excluding carboxylic acids is 1. The minimum Gasteiger partial charge on any atom is -0.347 e. The molecule has 1 amide bonds. The van der Waals surface area contributed by atoms with E-state index in [-0.39, 0.29) is 11.6 Å². The summed E-state index contributed by atoms with van der Waals surface area (Å²) in [6, 6.07) is 11.8. The van der Waals surface area contributed by atoms with Crippen LogP contribution in [0.25, 0.3) is 27.8 Å². The maximum Gasteiger partial charge on any atom is 0.416 e. The monoisotopic (exact) mass is 450 g/mol. The second-order valence-corrected chi connectivity index (χ2v) is 7.52. The van der Waals surface area contributed by atoms with Crippen molar-refractivity contribution >= 4 is 28.0 Å². The Kier molecular flexibility index (Phi) is 4.85. The minimum absolute atomic E-state index is 0.229. The van der Waals surface area contributed by atoms with Gasteiger partial charge < -0.3 is 5.32 Å². The molecule has 0 radical (unpaired) electrons. The zero-order valence-corrected chi connectivity index (χ0v) is 17.3. The van der Waals surface area contributed by atoms with E-state index < -0.39 is 11.7 Å². The first-order chi connectivity index (χ1) is 15.8.